The molecule has 2 amide bonds. The van der Waals surface area contributed by atoms with Crippen molar-refractivity contribution in [3.05, 3.63) is 83.8 Å². The first-order valence-corrected chi connectivity index (χ1v) is 12.3. The van der Waals surface area contributed by atoms with Crippen LogP contribution in [0.2, 0.25) is 0 Å². The van der Waals surface area contributed by atoms with Gasteiger partial charge in [0.25, 0.3) is 15.9 Å². The summed E-state index contributed by atoms with van der Waals surface area (Å²) in [4.78, 5) is 27.2. The number of rotatable bonds is 5. The zero-order valence-electron chi connectivity index (χ0n) is 18.1. The van der Waals surface area contributed by atoms with E-state index in [9.17, 15) is 18.0 Å². The van der Waals surface area contributed by atoms with Gasteiger partial charge in [0.15, 0.2) is 11.6 Å². The number of nitrogens with zero attached hydrogens (tertiary/aromatic N) is 2. The third-order valence-electron chi connectivity index (χ3n) is 5.84. The molecule has 2 N–H and O–H groups in total. The standard InChI is InChI=1S/C24H22N4O5S/c29-23(25-15-16-6-3-7-17(14-16)26-24(30)20-10-5-13-33-20)19-9-4-12-28(19)22-18-8-1-2-11-21(18)34(31,32)27-22/h1-3,5-8,10-11,13-14,19H,4,9,12,15H2,(H,25,29)(H,26,30)/t19-/m0/s1. The fourth-order valence-electron chi connectivity index (χ4n) is 4.25. The Hall–Kier alpha value is -3.92. The van der Waals surface area contributed by atoms with Gasteiger partial charge in [-0.2, -0.15) is 8.42 Å². The summed E-state index contributed by atoms with van der Waals surface area (Å²) in [5.41, 5.74) is 1.92. The molecule has 0 unspecified atom stereocenters. The van der Waals surface area contributed by atoms with E-state index in [1.807, 2.05) is 6.07 Å². The average Bonchev–Trinajstić information content (AvgIpc) is 3.58. The quantitative estimate of drug-likeness (QED) is 0.582. The largest absolute Gasteiger partial charge is 0.459 e. The van der Waals surface area contributed by atoms with Crippen LogP contribution in [0, 0.1) is 0 Å². The predicted octanol–water partition coefficient (Wildman–Crippen LogP) is 2.76. The number of amidine groups is 1. The number of anilines is 1. The van der Waals surface area contributed by atoms with Gasteiger partial charge in [0, 0.05) is 24.3 Å². The van der Waals surface area contributed by atoms with Crippen LogP contribution < -0.4 is 10.6 Å². The van der Waals surface area contributed by atoms with E-state index < -0.39 is 16.1 Å². The van der Waals surface area contributed by atoms with Crippen molar-refractivity contribution in [2.75, 3.05) is 11.9 Å². The Labute approximate surface area is 196 Å². The minimum Gasteiger partial charge on any atom is -0.459 e. The first-order chi connectivity index (χ1) is 16.4. The van der Waals surface area contributed by atoms with Gasteiger partial charge in [-0.15, -0.1) is 4.40 Å². The Morgan fingerprint density at radius 2 is 1.94 bits per heavy atom. The summed E-state index contributed by atoms with van der Waals surface area (Å²) in [7, 11) is -3.75. The molecule has 1 fully saturated rings. The second-order valence-corrected chi connectivity index (χ2v) is 9.66. The molecule has 2 aromatic carbocycles. The number of likely N-dealkylation sites (tertiary alicyclic amines) is 1. The van der Waals surface area contributed by atoms with Gasteiger partial charge >= 0.3 is 0 Å². The summed E-state index contributed by atoms with van der Waals surface area (Å²) < 4.78 is 33.9. The van der Waals surface area contributed by atoms with Crippen LogP contribution in [0.1, 0.15) is 34.5 Å². The van der Waals surface area contributed by atoms with Gasteiger partial charge in [0.2, 0.25) is 5.91 Å². The minimum absolute atomic E-state index is 0.171. The highest BCUT2D eigenvalue weighted by atomic mass is 32.2. The Bertz CT molecular complexity index is 1380. The molecule has 2 aliphatic heterocycles. The number of furan rings is 1. The molecule has 3 aromatic rings. The third kappa shape index (κ3) is 4.19. The molecule has 2 aliphatic rings. The Kier molecular flexibility index (Phi) is 5.66. The number of carbonyl (C=O) groups excluding carboxylic acids is 2. The lowest BCUT2D eigenvalue weighted by molar-refractivity contribution is -0.124. The number of fused-ring (bicyclic) bond motifs is 1. The molecule has 0 radical (unpaired) electrons. The molecule has 0 spiro atoms. The summed E-state index contributed by atoms with van der Waals surface area (Å²) in [6.07, 6.45) is 2.79. The van der Waals surface area contributed by atoms with Crippen LogP contribution >= 0.6 is 0 Å². The van der Waals surface area contributed by atoms with Gasteiger partial charge in [-0.1, -0.05) is 24.3 Å². The van der Waals surface area contributed by atoms with Crippen LogP contribution in [-0.4, -0.2) is 43.6 Å². The highest BCUT2D eigenvalue weighted by molar-refractivity contribution is 7.90. The number of sulfonamides is 1. The van der Waals surface area contributed by atoms with E-state index in [0.29, 0.717) is 30.1 Å². The lowest BCUT2D eigenvalue weighted by Gasteiger charge is -2.25. The molecule has 1 aromatic heterocycles. The zero-order chi connectivity index (χ0) is 23.7. The van der Waals surface area contributed by atoms with E-state index in [1.54, 1.807) is 53.4 Å². The van der Waals surface area contributed by atoms with Crippen molar-refractivity contribution in [3.8, 4) is 0 Å². The van der Waals surface area contributed by atoms with E-state index in [1.165, 1.54) is 12.3 Å². The molecule has 9 nitrogen and oxygen atoms in total. The van der Waals surface area contributed by atoms with Gasteiger partial charge in [0.05, 0.1) is 6.26 Å². The van der Waals surface area contributed by atoms with Gasteiger partial charge in [0.1, 0.15) is 10.9 Å². The van der Waals surface area contributed by atoms with Crippen LogP contribution in [0.4, 0.5) is 5.69 Å². The number of hydrogen-bond acceptors (Lipinski definition) is 6. The average molecular weight is 479 g/mol. The van der Waals surface area contributed by atoms with E-state index in [0.717, 1.165) is 12.0 Å². The summed E-state index contributed by atoms with van der Waals surface area (Å²) in [6.45, 7) is 0.810. The number of benzene rings is 2. The van der Waals surface area contributed by atoms with Gasteiger partial charge in [-0.3, -0.25) is 9.59 Å². The third-order valence-corrected chi connectivity index (χ3v) is 7.16. The fraction of sp³-hybridized carbons (Fsp3) is 0.208. The van der Waals surface area contributed by atoms with E-state index in [2.05, 4.69) is 15.0 Å². The lowest BCUT2D eigenvalue weighted by atomic mass is 10.1. The highest BCUT2D eigenvalue weighted by Crippen LogP contribution is 2.31. The fourth-order valence-corrected chi connectivity index (χ4v) is 5.47. The normalized spacial score (nSPS) is 18.3. The molecule has 0 aliphatic carbocycles. The van der Waals surface area contributed by atoms with Crippen LogP contribution in [0.3, 0.4) is 0 Å². The molecule has 1 atom stereocenters. The van der Waals surface area contributed by atoms with Crippen molar-refractivity contribution in [1.82, 2.24) is 10.2 Å². The maximum Gasteiger partial charge on any atom is 0.291 e. The predicted molar refractivity (Wildman–Crippen MR) is 125 cm³/mol. The smallest absolute Gasteiger partial charge is 0.291 e. The summed E-state index contributed by atoms with van der Waals surface area (Å²) in [5, 5.41) is 5.69. The summed E-state index contributed by atoms with van der Waals surface area (Å²) >= 11 is 0. The van der Waals surface area contributed by atoms with Crippen LogP contribution in [0.25, 0.3) is 0 Å². The second kappa shape index (κ2) is 8.79. The lowest BCUT2D eigenvalue weighted by Crippen LogP contribution is -2.45. The molecule has 10 heteroatoms. The first-order valence-electron chi connectivity index (χ1n) is 10.8. The molecule has 1 saturated heterocycles. The van der Waals surface area contributed by atoms with Crippen molar-refractivity contribution >= 4 is 33.4 Å². The maximum absolute atomic E-state index is 13.0. The van der Waals surface area contributed by atoms with E-state index in [-0.39, 0.29) is 29.0 Å². The zero-order valence-corrected chi connectivity index (χ0v) is 18.9. The highest BCUT2D eigenvalue weighted by Gasteiger charge is 2.39. The van der Waals surface area contributed by atoms with Crippen molar-refractivity contribution in [2.24, 2.45) is 4.40 Å². The van der Waals surface area contributed by atoms with Crippen molar-refractivity contribution in [1.29, 1.82) is 0 Å². The van der Waals surface area contributed by atoms with E-state index >= 15 is 0 Å². The number of nitrogens with one attached hydrogen (secondary N) is 2. The van der Waals surface area contributed by atoms with Gasteiger partial charge in [-0.05, 0) is 54.8 Å². The van der Waals surface area contributed by atoms with Crippen molar-refractivity contribution < 1.29 is 22.4 Å². The van der Waals surface area contributed by atoms with E-state index in [4.69, 9.17) is 4.42 Å². The molecular weight excluding hydrogens is 456 g/mol. The molecule has 34 heavy (non-hydrogen) atoms. The van der Waals surface area contributed by atoms with Crippen molar-refractivity contribution in [2.45, 2.75) is 30.3 Å². The molecule has 0 bridgehead atoms. The van der Waals surface area contributed by atoms with Crippen molar-refractivity contribution in [3.63, 3.8) is 0 Å². The van der Waals surface area contributed by atoms with Crippen LogP contribution in [-0.2, 0) is 21.4 Å². The number of amides is 2. The monoisotopic (exact) mass is 478 g/mol. The first kappa shape index (κ1) is 21.9. The number of carbonyl (C=O) groups is 2. The summed E-state index contributed by atoms with van der Waals surface area (Å²) in [5.74, 6) is -0.0262. The molecule has 3 heterocycles. The number of hydrogen-bond donors (Lipinski definition) is 2. The molecule has 5 rings (SSSR count). The Morgan fingerprint density at radius 3 is 2.76 bits per heavy atom. The maximum atomic E-state index is 13.0. The molecule has 174 valence electrons. The second-order valence-electron chi connectivity index (χ2n) is 8.09. The van der Waals surface area contributed by atoms with Crippen LogP contribution in [0.5, 0.6) is 0 Å². The Balaban J connectivity index is 1.26. The minimum atomic E-state index is -3.75. The van der Waals surface area contributed by atoms with Gasteiger partial charge < -0.3 is 20.0 Å². The topological polar surface area (TPSA) is 121 Å². The van der Waals surface area contributed by atoms with Gasteiger partial charge in [-0.25, -0.2) is 0 Å². The molecular formula is C24H22N4O5S. The van der Waals surface area contributed by atoms with Crippen LogP contribution in [0.15, 0.2) is 80.6 Å². The molecule has 0 saturated carbocycles. The SMILES string of the molecule is O=C(Nc1cccc(CNC(=O)[C@@H]2CCCN2C2=NS(=O)(=O)c3ccccc32)c1)c1ccco1. The summed E-state index contributed by atoms with van der Waals surface area (Å²) in [6, 6.07) is 16.5. The Morgan fingerprint density at radius 1 is 1.09 bits per heavy atom.